The zero-order chi connectivity index (χ0) is 33.3. The fourth-order valence-electron chi connectivity index (χ4n) is 4.76. The molecule has 0 bridgehead atoms. The van der Waals surface area contributed by atoms with Crippen molar-refractivity contribution >= 4 is 6.09 Å². The smallest absolute Gasteiger partial charge is 0.378 e. The van der Waals surface area contributed by atoms with E-state index in [1.165, 1.54) is 6.54 Å². The molecule has 9 heteroatoms. The summed E-state index contributed by atoms with van der Waals surface area (Å²) in [6, 6.07) is 38.9. The molecule has 48 heavy (non-hydrogen) atoms. The third-order valence-electron chi connectivity index (χ3n) is 7.05. The molecule has 0 saturated heterocycles. The van der Waals surface area contributed by atoms with Gasteiger partial charge in [-0.15, -0.1) is 0 Å². The standard InChI is InChI=1S/C39H46NO7.Th/c1-39(2,3)47-38(42)40-24-35(44-26-31-18-10-5-11-19-31)37(46-28-33-22-14-7-15-23-33)36(45-27-32-20-12-6-13-21-32)34(41)29-43-25-30-16-8-4-9-17-30;/h4-24,34-37,41H,25-29H2,1-3H3,(H,40,42);/q-1;/t34-,35-,36+,37+;/m0./s1. The fourth-order valence-corrected chi connectivity index (χ4v) is 4.76. The number of alkyl carbamates (subject to hydrolysis) is 1. The molecule has 0 aliphatic heterocycles. The van der Waals surface area contributed by atoms with E-state index in [0.29, 0.717) is 6.61 Å². The number of rotatable bonds is 18. The van der Waals surface area contributed by atoms with Crippen molar-refractivity contribution in [3.05, 3.63) is 150 Å². The first-order valence-corrected chi connectivity index (χ1v) is 15.9. The fraction of sp³-hybridized carbons (Fsp3) is 0.333. The van der Waals surface area contributed by atoms with Gasteiger partial charge in [-0.25, -0.2) is 11.3 Å². The summed E-state index contributed by atoms with van der Waals surface area (Å²) < 4.78 is 30.9. The van der Waals surface area contributed by atoms with Crippen LogP contribution in [-0.2, 0) is 50.1 Å². The molecule has 4 aromatic rings. The molecule has 8 nitrogen and oxygen atoms in total. The van der Waals surface area contributed by atoms with Gasteiger partial charge in [0.2, 0.25) is 0 Å². The van der Waals surface area contributed by atoms with Gasteiger partial charge in [0.05, 0.1) is 39.1 Å². The molecule has 4 aromatic carbocycles. The molecule has 4 atom stereocenters. The van der Waals surface area contributed by atoms with E-state index in [9.17, 15) is 9.90 Å². The maximum Gasteiger partial charge on any atom is 0.378 e. The van der Waals surface area contributed by atoms with Gasteiger partial charge in [-0.3, -0.25) is 0 Å². The summed E-state index contributed by atoms with van der Waals surface area (Å²) in [5, 5.41) is 14.4. The van der Waals surface area contributed by atoms with Crippen LogP contribution in [0.25, 0.3) is 0 Å². The maximum atomic E-state index is 12.8. The van der Waals surface area contributed by atoms with E-state index in [1.807, 2.05) is 121 Å². The van der Waals surface area contributed by atoms with Crippen LogP contribution in [0, 0.1) is 46.5 Å². The largest absolute Gasteiger partial charge is 0.468 e. The number of ether oxygens (including phenoxy) is 5. The summed E-state index contributed by atoms with van der Waals surface area (Å²) >= 11 is 0. The maximum absolute atomic E-state index is 12.8. The summed E-state index contributed by atoms with van der Waals surface area (Å²) in [5.41, 5.74) is 3.07. The van der Waals surface area contributed by atoms with Crippen LogP contribution in [0.15, 0.2) is 121 Å². The van der Waals surface area contributed by atoms with Crippen LogP contribution >= 0.6 is 0 Å². The van der Waals surface area contributed by atoms with Crippen molar-refractivity contribution < 1.29 is 73.5 Å². The molecule has 0 radical (unpaired) electrons. The first-order valence-electron chi connectivity index (χ1n) is 15.9. The topological polar surface area (TPSA) is 95.5 Å². The minimum Gasteiger partial charge on any atom is -0.468 e. The normalized spacial score (nSPS) is 13.8. The molecule has 4 rings (SSSR count). The predicted molar refractivity (Wildman–Crippen MR) is 181 cm³/mol. The Morgan fingerprint density at radius 2 is 1.04 bits per heavy atom. The molecule has 0 spiro atoms. The van der Waals surface area contributed by atoms with Crippen molar-refractivity contribution in [2.45, 2.75) is 77.2 Å². The molecule has 2 N–H and O–H groups in total. The average Bonchev–Trinajstić information content (AvgIpc) is 3.07. The minimum atomic E-state index is -1.11. The van der Waals surface area contributed by atoms with E-state index in [2.05, 4.69) is 5.32 Å². The average molecular weight is 873 g/mol. The summed E-state index contributed by atoms with van der Waals surface area (Å²) in [5.74, 6) is 0. The second-order valence-electron chi connectivity index (χ2n) is 12.2. The predicted octanol–water partition coefficient (Wildman–Crippen LogP) is 7.01. The third-order valence-corrected chi connectivity index (χ3v) is 7.05. The summed E-state index contributed by atoms with van der Waals surface area (Å²) in [6.07, 6.45) is -4.42. The Morgan fingerprint density at radius 1 is 0.646 bits per heavy atom. The Hall–Kier alpha value is -2.73. The number of benzene rings is 4. The van der Waals surface area contributed by atoms with Gasteiger partial charge in [0.15, 0.2) is 0 Å². The number of hydrogen-bond donors (Lipinski definition) is 2. The zero-order valence-electron chi connectivity index (χ0n) is 27.9. The van der Waals surface area contributed by atoms with Gasteiger partial charge < -0.3 is 34.1 Å². The number of nitrogens with one attached hydrogen (secondary N) is 1. The van der Waals surface area contributed by atoms with Gasteiger partial charge in [-0.05, 0) is 49.1 Å². The van der Waals surface area contributed by atoms with Crippen molar-refractivity contribution in [3.8, 4) is 0 Å². The first kappa shape index (κ1) is 39.7. The van der Waals surface area contributed by atoms with E-state index in [0.717, 1.165) is 22.3 Å². The summed E-state index contributed by atoms with van der Waals surface area (Å²) in [7, 11) is 0. The Kier molecular flexibility index (Phi) is 17.7. The summed E-state index contributed by atoms with van der Waals surface area (Å²) in [4.78, 5) is 12.8. The molecular weight excluding hydrogens is 826 g/mol. The van der Waals surface area contributed by atoms with E-state index in [4.69, 9.17) is 23.7 Å². The molecule has 0 heterocycles. The Labute approximate surface area is 316 Å². The number of carbonyl (C=O) groups is 1. The zero-order valence-corrected chi connectivity index (χ0v) is 32.0. The van der Waals surface area contributed by atoms with Gasteiger partial charge in [0, 0.05) is 39.9 Å². The van der Waals surface area contributed by atoms with E-state index >= 15 is 0 Å². The van der Waals surface area contributed by atoms with Crippen LogP contribution in [0.5, 0.6) is 0 Å². The van der Waals surface area contributed by atoms with Gasteiger partial charge in [-0.2, -0.15) is 0 Å². The molecule has 0 unspecified atom stereocenters. The SMILES string of the molecule is CC(C)(C)OC(=O)N[CH-][C@H](OCc1ccccc1)[C@@H](OCc1ccccc1)[C@H](OCc1ccccc1)[C@@H](O)COCc1ccccc1.[Th]. The van der Waals surface area contributed by atoms with Crippen molar-refractivity contribution in [1.29, 1.82) is 0 Å². The number of aliphatic hydroxyl groups excluding tert-OH is 1. The second-order valence-corrected chi connectivity index (χ2v) is 12.2. The van der Waals surface area contributed by atoms with Gasteiger partial charge in [-0.1, -0.05) is 121 Å². The molecule has 254 valence electrons. The van der Waals surface area contributed by atoms with Crippen LogP contribution in [0.3, 0.4) is 0 Å². The number of amides is 1. The molecule has 0 aromatic heterocycles. The van der Waals surface area contributed by atoms with Gasteiger partial charge in [0.1, 0.15) is 17.8 Å². The monoisotopic (exact) mass is 872 g/mol. The minimum absolute atomic E-state index is 0. The molecular formula is C39H46NO7Th-. The van der Waals surface area contributed by atoms with Crippen LogP contribution < -0.4 is 5.32 Å². The second kappa shape index (κ2) is 21.4. The van der Waals surface area contributed by atoms with Crippen molar-refractivity contribution in [1.82, 2.24) is 5.32 Å². The Morgan fingerprint density at radius 3 is 1.48 bits per heavy atom. The van der Waals surface area contributed by atoms with E-state index in [-0.39, 0.29) is 66.4 Å². The Bertz CT molecular complexity index is 1420. The van der Waals surface area contributed by atoms with Crippen LogP contribution in [-0.4, -0.2) is 47.8 Å². The summed E-state index contributed by atoms with van der Waals surface area (Å²) in [6.45, 7) is 7.81. The first-order chi connectivity index (χ1) is 22.8. The van der Waals surface area contributed by atoms with Crippen LogP contribution in [0.4, 0.5) is 4.79 Å². The van der Waals surface area contributed by atoms with E-state index in [1.54, 1.807) is 20.8 Å². The third kappa shape index (κ3) is 14.8. The molecule has 0 saturated carbocycles. The molecule has 1 amide bonds. The number of aliphatic hydroxyl groups is 1. The van der Waals surface area contributed by atoms with Crippen LogP contribution in [0.1, 0.15) is 43.0 Å². The molecule has 0 aliphatic rings. The van der Waals surface area contributed by atoms with Crippen molar-refractivity contribution in [2.75, 3.05) is 6.61 Å². The Balaban J connectivity index is 0.00000625. The van der Waals surface area contributed by atoms with Crippen molar-refractivity contribution in [3.63, 3.8) is 0 Å². The van der Waals surface area contributed by atoms with Crippen molar-refractivity contribution in [2.24, 2.45) is 0 Å². The van der Waals surface area contributed by atoms with Crippen LogP contribution in [0.2, 0.25) is 0 Å². The molecule has 0 aliphatic carbocycles. The molecule has 0 fully saturated rings. The van der Waals surface area contributed by atoms with Gasteiger partial charge >= 0.3 is 6.09 Å². The number of hydrogen-bond acceptors (Lipinski definition) is 7. The van der Waals surface area contributed by atoms with Gasteiger partial charge in [0.25, 0.3) is 0 Å². The quantitative estimate of drug-likeness (QED) is 0.104. The number of carbonyl (C=O) groups excluding carboxylic acids is 1. The van der Waals surface area contributed by atoms with E-state index < -0.39 is 36.1 Å².